The SMILES string of the molecule is CC(C)(CC(N)=O)NC(=O)c1cccc(CN)c1. The van der Waals surface area contributed by atoms with Gasteiger partial charge in [-0.05, 0) is 31.5 Å². The van der Waals surface area contributed by atoms with Crippen LogP contribution >= 0.6 is 0 Å². The van der Waals surface area contributed by atoms with Gasteiger partial charge in [0.15, 0.2) is 0 Å². The van der Waals surface area contributed by atoms with Gasteiger partial charge in [-0.1, -0.05) is 12.1 Å². The molecular weight excluding hydrogens is 230 g/mol. The molecule has 0 aliphatic carbocycles. The van der Waals surface area contributed by atoms with Crippen molar-refractivity contribution in [2.24, 2.45) is 11.5 Å². The largest absolute Gasteiger partial charge is 0.370 e. The second-order valence-electron chi connectivity index (χ2n) is 4.89. The Morgan fingerprint density at radius 3 is 2.56 bits per heavy atom. The van der Waals surface area contributed by atoms with E-state index in [2.05, 4.69) is 5.32 Å². The molecule has 5 heteroatoms. The fourth-order valence-electron chi connectivity index (χ4n) is 1.70. The van der Waals surface area contributed by atoms with Crippen LogP contribution in [0.25, 0.3) is 0 Å². The van der Waals surface area contributed by atoms with E-state index in [1.165, 1.54) is 0 Å². The predicted octanol–water partition coefficient (Wildman–Crippen LogP) is 0.529. The first-order chi connectivity index (χ1) is 8.34. The highest BCUT2D eigenvalue weighted by Gasteiger charge is 2.23. The maximum atomic E-state index is 12.0. The highest BCUT2D eigenvalue weighted by atomic mass is 16.2. The van der Waals surface area contributed by atoms with E-state index in [-0.39, 0.29) is 12.3 Å². The normalized spacial score (nSPS) is 11.1. The van der Waals surface area contributed by atoms with Gasteiger partial charge >= 0.3 is 0 Å². The molecule has 0 spiro atoms. The molecule has 0 aliphatic heterocycles. The molecule has 1 aromatic rings. The van der Waals surface area contributed by atoms with Gasteiger partial charge in [0.25, 0.3) is 5.91 Å². The lowest BCUT2D eigenvalue weighted by atomic mass is 9.99. The molecule has 0 radical (unpaired) electrons. The Bertz CT molecular complexity index is 455. The van der Waals surface area contributed by atoms with Crippen LogP contribution in [0.15, 0.2) is 24.3 Å². The van der Waals surface area contributed by atoms with E-state index in [9.17, 15) is 9.59 Å². The zero-order valence-electron chi connectivity index (χ0n) is 10.7. The van der Waals surface area contributed by atoms with Crippen molar-refractivity contribution in [3.05, 3.63) is 35.4 Å². The van der Waals surface area contributed by atoms with Crippen LogP contribution in [0.4, 0.5) is 0 Å². The fraction of sp³-hybridized carbons (Fsp3) is 0.385. The highest BCUT2D eigenvalue weighted by molar-refractivity contribution is 5.95. The third-order valence-corrected chi connectivity index (χ3v) is 2.49. The Hall–Kier alpha value is -1.88. The lowest BCUT2D eigenvalue weighted by Crippen LogP contribution is -2.46. The van der Waals surface area contributed by atoms with Gasteiger partial charge in [-0.25, -0.2) is 0 Å². The number of hydrogen-bond donors (Lipinski definition) is 3. The summed E-state index contributed by atoms with van der Waals surface area (Å²) < 4.78 is 0. The third-order valence-electron chi connectivity index (χ3n) is 2.49. The Morgan fingerprint density at radius 1 is 1.33 bits per heavy atom. The molecule has 0 heterocycles. The molecule has 0 saturated heterocycles. The first-order valence-corrected chi connectivity index (χ1v) is 5.74. The van der Waals surface area contributed by atoms with E-state index in [0.717, 1.165) is 5.56 Å². The van der Waals surface area contributed by atoms with Crippen molar-refractivity contribution < 1.29 is 9.59 Å². The first-order valence-electron chi connectivity index (χ1n) is 5.74. The Balaban J connectivity index is 2.78. The zero-order chi connectivity index (χ0) is 13.8. The van der Waals surface area contributed by atoms with Crippen molar-refractivity contribution in [2.75, 3.05) is 0 Å². The molecule has 0 fully saturated rings. The van der Waals surface area contributed by atoms with E-state index in [0.29, 0.717) is 12.1 Å². The zero-order valence-corrected chi connectivity index (χ0v) is 10.7. The van der Waals surface area contributed by atoms with E-state index in [1.54, 1.807) is 32.0 Å². The van der Waals surface area contributed by atoms with Crippen molar-refractivity contribution in [2.45, 2.75) is 32.4 Å². The van der Waals surface area contributed by atoms with Crippen molar-refractivity contribution in [3.8, 4) is 0 Å². The van der Waals surface area contributed by atoms with Gasteiger partial charge in [-0.15, -0.1) is 0 Å². The van der Waals surface area contributed by atoms with Crippen molar-refractivity contribution in [3.63, 3.8) is 0 Å². The van der Waals surface area contributed by atoms with Crippen LogP contribution in [0.3, 0.4) is 0 Å². The minimum absolute atomic E-state index is 0.0926. The molecule has 18 heavy (non-hydrogen) atoms. The Labute approximate surface area is 107 Å². The van der Waals surface area contributed by atoms with Gasteiger partial charge in [0.05, 0.1) is 0 Å². The summed E-state index contributed by atoms with van der Waals surface area (Å²) in [6, 6.07) is 7.06. The number of carbonyl (C=O) groups is 2. The highest BCUT2D eigenvalue weighted by Crippen LogP contribution is 2.11. The summed E-state index contributed by atoms with van der Waals surface area (Å²) in [5, 5.41) is 2.77. The van der Waals surface area contributed by atoms with Gasteiger partial charge in [0.1, 0.15) is 0 Å². The number of benzene rings is 1. The second kappa shape index (κ2) is 5.64. The smallest absolute Gasteiger partial charge is 0.251 e. The second-order valence-corrected chi connectivity index (χ2v) is 4.89. The van der Waals surface area contributed by atoms with Gasteiger partial charge in [0, 0.05) is 24.1 Å². The topological polar surface area (TPSA) is 98.2 Å². The Kier molecular flexibility index (Phi) is 4.44. The minimum atomic E-state index is -0.665. The lowest BCUT2D eigenvalue weighted by Gasteiger charge is -2.24. The fourth-order valence-corrected chi connectivity index (χ4v) is 1.70. The summed E-state index contributed by atoms with van der Waals surface area (Å²) in [5.41, 5.74) is 11.4. The third kappa shape index (κ3) is 4.18. The average molecular weight is 249 g/mol. The summed E-state index contributed by atoms with van der Waals surface area (Å²) in [4.78, 5) is 22.9. The van der Waals surface area contributed by atoms with Gasteiger partial charge < -0.3 is 16.8 Å². The number of rotatable bonds is 5. The van der Waals surface area contributed by atoms with Crippen LogP contribution < -0.4 is 16.8 Å². The molecule has 0 aromatic heterocycles. The lowest BCUT2D eigenvalue weighted by molar-refractivity contribution is -0.119. The summed E-state index contributed by atoms with van der Waals surface area (Å²) >= 11 is 0. The summed E-state index contributed by atoms with van der Waals surface area (Å²) in [6.45, 7) is 3.89. The van der Waals surface area contributed by atoms with Crippen molar-refractivity contribution >= 4 is 11.8 Å². The standard InChI is InChI=1S/C13H19N3O2/c1-13(2,7-11(15)17)16-12(18)10-5-3-4-9(6-10)8-14/h3-6H,7-8,14H2,1-2H3,(H2,15,17)(H,16,18). The van der Waals surface area contributed by atoms with E-state index >= 15 is 0 Å². The van der Waals surface area contributed by atoms with Gasteiger partial charge in [0.2, 0.25) is 5.91 Å². The monoisotopic (exact) mass is 249 g/mol. The molecule has 0 bridgehead atoms. The number of amides is 2. The summed E-state index contributed by atoms with van der Waals surface area (Å²) in [7, 11) is 0. The molecule has 5 nitrogen and oxygen atoms in total. The molecule has 0 saturated carbocycles. The predicted molar refractivity (Wildman–Crippen MR) is 69.7 cm³/mol. The molecule has 0 unspecified atom stereocenters. The van der Waals surface area contributed by atoms with E-state index < -0.39 is 11.4 Å². The first kappa shape index (κ1) is 14.2. The maximum Gasteiger partial charge on any atom is 0.251 e. The van der Waals surface area contributed by atoms with Crippen LogP contribution in [0.2, 0.25) is 0 Å². The minimum Gasteiger partial charge on any atom is -0.370 e. The molecule has 98 valence electrons. The van der Waals surface area contributed by atoms with Crippen LogP contribution in [0, 0.1) is 0 Å². The quantitative estimate of drug-likeness (QED) is 0.709. The molecular formula is C13H19N3O2. The van der Waals surface area contributed by atoms with Crippen LogP contribution in [-0.4, -0.2) is 17.4 Å². The molecule has 0 atom stereocenters. The number of primary amides is 1. The van der Waals surface area contributed by atoms with Gasteiger partial charge in [-0.2, -0.15) is 0 Å². The van der Waals surface area contributed by atoms with Crippen LogP contribution in [0.5, 0.6) is 0 Å². The molecule has 5 N–H and O–H groups in total. The number of nitrogens with two attached hydrogens (primary N) is 2. The number of carbonyl (C=O) groups excluding carboxylic acids is 2. The molecule has 0 aliphatic rings. The maximum absolute atomic E-state index is 12.0. The number of hydrogen-bond acceptors (Lipinski definition) is 3. The van der Waals surface area contributed by atoms with Gasteiger partial charge in [-0.3, -0.25) is 9.59 Å². The van der Waals surface area contributed by atoms with Crippen molar-refractivity contribution in [1.82, 2.24) is 5.32 Å². The average Bonchev–Trinajstić information content (AvgIpc) is 2.26. The molecule has 2 amide bonds. The Morgan fingerprint density at radius 2 is 2.00 bits per heavy atom. The molecule has 1 aromatic carbocycles. The number of nitrogens with one attached hydrogen (secondary N) is 1. The van der Waals surface area contributed by atoms with Crippen molar-refractivity contribution in [1.29, 1.82) is 0 Å². The van der Waals surface area contributed by atoms with Crippen LogP contribution in [-0.2, 0) is 11.3 Å². The molecule has 1 rings (SSSR count). The summed E-state index contributed by atoms with van der Waals surface area (Å²) in [6.07, 6.45) is 0.0926. The van der Waals surface area contributed by atoms with Crippen LogP contribution in [0.1, 0.15) is 36.2 Å². The van der Waals surface area contributed by atoms with E-state index in [4.69, 9.17) is 11.5 Å². The van der Waals surface area contributed by atoms with E-state index in [1.807, 2.05) is 6.07 Å². The summed E-state index contributed by atoms with van der Waals surface area (Å²) in [5.74, 6) is -0.687.